The molecule has 2 unspecified atom stereocenters. The fourth-order valence-corrected chi connectivity index (χ4v) is 4.24. The fraction of sp³-hybridized carbons (Fsp3) is 0.435. The zero-order chi connectivity index (χ0) is 20.2. The number of rotatable bonds is 6. The lowest BCUT2D eigenvalue weighted by molar-refractivity contribution is 0.394. The monoisotopic (exact) mass is 394 g/mol. The van der Waals surface area contributed by atoms with Crippen LogP contribution in [-0.2, 0) is 6.42 Å². The molecule has 0 spiro atoms. The van der Waals surface area contributed by atoms with Crippen molar-refractivity contribution in [2.24, 2.45) is 4.99 Å². The topological polar surface area (TPSA) is 58.1 Å². The summed E-state index contributed by atoms with van der Waals surface area (Å²) >= 11 is 0. The van der Waals surface area contributed by atoms with Crippen molar-refractivity contribution in [2.75, 3.05) is 45.8 Å². The van der Waals surface area contributed by atoms with Gasteiger partial charge in [-0.1, -0.05) is 24.3 Å². The van der Waals surface area contributed by atoms with Gasteiger partial charge in [-0.25, -0.2) is 0 Å². The van der Waals surface area contributed by atoms with E-state index in [1.165, 1.54) is 11.1 Å². The summed E-state index contributed by atoms with van der Waals surface area (Å²) in [6.45, 7) is 2.82. The van der Waals surface area contributed by atoms with Gasteiger partial charge in [0, 0.05) is 62.5 Å². The summed E-state index contributed by atoms with van der Waals surface area (Å²) < 4.78 is 10.8. The zero-order valence-electron chi connectivity index (χ0n) is 17.4. The minimum atomic E-state index is 0.354. The molecule has 6 nitrogen and oxygen atoms in total. The molecule has 2 aliphatic rings. The molecule has 0 bridgehead atoms. The van der Waals surface area contributed by atoms with Crippen LogP contribution < -0.4 is 25.0 Å². The SMILES string of the molecule is CN=C(NCC1Cc2ccccc21)NC1CCN(c2cc(OC)cc(OC)c2)C1. The van der Waals surface area contributed by atoms with Crippen LogP contribution in [0.5, 0.6) is 11.5 Å². The molecule has 1 fully saturated rings. The van der Waals surface area contributed by atoms with Crippen molar-refractivity contribution in [3.8, 4) is 11.5 Å². The highest BCUT2D eigenvalue weighted by molar-refractivity contribution is 5.80. The van der Waals surface area contributed by atoms with Crippen LogP contribution in [0, 0.1) is 0 Å². The van der Waals surface area contributed by atoms with Gasteiger partial charge in [0.2, 0.25) is 0 Å². The van der Waals surface area contributed by atoms with Gasteiger partial charge in [0.25, 0.3) is 0 Å². The van der Waals surface area contributed by atoms with Crippen molar-refractivity contribution in [2.45, 2.75) is 24.8 Å². The Morgan fingerprint density at radius 3 is 2.59 bits per heavy atom. The normalized spacial score (nSPS) is 20.7. The summed E-state index contributed by atoms with van der Waals surface area (Å²) in [5, 5.41) is 7.10. The number of benzene rings is 2. The van der Waals surface area contributed by atoms with Crippen molar-refractivity contribution in [1.82, 2.24) is 10.6 Å². The van der Waals surface area contributed by atoms with Crippen molar-refractivity contribution < 1.29 is 9.47 Å². The number of hydrogen-bond acceptors (Lipinski definition) is 4. The number of guanidine groups is 1. The first kappa shape index (κ1) is 19.4. The van der Waals surface area contributed by atoms with E-state index < -0.39 is 0 Å². The Kier molecular flexibility index (Phi) is 5.79. The molecule has 154 valence electrons. The molecule has 2 N–H and O–H groups in total. The van der Waals surface area contributed by atoms with E-state index in [1.54, 1.807) is 14.2 Å². The third-order valence-electron chi connectivity index (χ3n) is 5.93. The van der Waals surface area contributed by atoms with Gasteiger partial charge in [0.1, 0.15) is 11.5 Å². The fourth-order valence-electron chi connectivity index (χ4n) is 4.24. The molecular formula is C23H30N4O2. The van der Waals surface area contributed by atoms with E-state index in [0.717, 1.165) is 55.6 Å². The number of nitrogens with zero attached hydrogens (tertiary/aromatic N) is 2. The molecule has 0 aromatic heterocycles. The van der Waals surface area contributed by atoms with Crippen molar-refractivity contribution in [1.29, 1.82) is 0 Å². The predicted octanol–water partition coefficient (Wildman–Crippen LogP) is 2.79. The molecule has 4 rings (SSSR count). The number of aliphatic imine (C=N–C) groups is 1. The molecular weight excluding hydrogens is 364 g/mol. The summed E-state index contributed by atoms with van der Waals surface area (Å²) in [4.78, 5) is 6.79. The van der Waals surface area contributed by atoms with Crippen LogP contribution in [0.15, 0.2) is 47.5 Å². The Bertz CT molecular complexity index is 861. The van der Waals surface area contributed by atoms with Gasteiger partial charge in [0.15, 0.2) is 5.96 Å². The van der Waals surface area contributed by atoms with Gasteiger partial charge in [-0.3, -0.25) is 4.99 Å². The molecule has 1 aliphatic heterocycles. The number of hydrogen-bond donors (Lipinski definition) is 2. The van der Waals surface area contributed by atoms with Crippen molar-refractivity contribution in [3.63, 3.8) is 0 Å². The molecule has 1 heterocycles. The van der Waals surface area contributed by atoms with Gasteiger partial charge in [-0.2, -0.15) is 0 Å². The van der Waals surface area contributed by atoms with E-state index in [-0.39, 0.29) is 0 Å². The second-order valence-corrected chi connectivity index (χ2v) is 7.70. The third kappa shape index (κ3) is 4.26. The molecule has 2 atom stereocenters. The summed E-state index contributed by atoms with van der Waals surface area (Å²) in [6.07, 6.45) is 2.21. The minimum Gasteiger partial charge on any atom is -0.497 e. The second kappa shape index (κ2) is 8.64. The van der Waals surface area contributed by atoms with Crippen LogP contribution in [0.2, 0.25) is 0 Å². The first-order valence-electron chi connectivity index (χ1n) is 10.2. The van der Waals surface area contributed by atoms with Crippen LogP contribution in [0.1, 0.15) is 23.5 Å². The number of anilines is 1. The maximum atomic E-state index is 5.41. The number of nitrogens with one attached hydrogen (secondary N) is 2. The van der Waals surface area contributed by atoms with Gasteiger partial charge in [-0.05, 0) is 24.0 Å². The minimum absolute atomic E-state index is 0.354. The second-order valence-electron chi connectivity index (χ2n) is 7.70. The average Bonchev–Trinajstić information content (AvgIpc) is 3.21. The lowest BCUT2D eigenvalue weighted by atomic mass is 9.78. The number of ether oxygens (including phenoxy) is 2. The van der Waals surface area contributed by atoms with Crippen LogP contribution in [0.4, 0.5) is 5.69 Å². The molecule has 2 aromatic carbocycles. The zero-order valence-corrected chi connectivity index (χ0v) is 17.4. The standard InChI is InChI=1S/C23H30N4O2/c1-24-23(25-14-17-10-16-6-4-5-7-22(16)17)26-18-8-9-27(15-18)19-11-20(28-2)13-21(12-19)29-3/h4-7,11-13,17-18H,8-10,14-15H2,1-3H3,(H2,24,25,26). The first-order chi connectivity index (χ1) is 14.2. The summed E-state index contributed by atoms with van der Waals surface area (Å²) in [5.74, 6) is 3.08. The predicted molar refractivity (Wildman–Crippen MR) is 118 cm³/mol. The van der Waals surface area contributed by atoms with E-state index in [4.69, 9.17) is 9.47 Å². The summed E-state index contributed by atoms with van der Waals surface area (Å²) in [5.41, 5.74) is 4.07. The van der Waals surface area contributed by atoms with Crippen LogP contribution >= 0.6 is 0 Å². The largest absolute Gasteiger partial charge is 0.497 e. The maximum absolute atomic E-state index is 5.41. The molecule has 1 saturated heterocycles. The average molecular weight is 395 g/mol. The highest BCUT2D eigenvalue weighted by Crippen LogP contribution is 2.34. The van der Waals surface area contributed by atoms with Crippen molar-refractivity contribution in [3.05, 3.63) is 53.6 Å². The smallest absolute Gasteiger partial charge is 0.191 e. The van der Waals surface area contributed by atoms with Crippen LogP contribution in [0.3, 0.4) is 0 Å². The molecule has 2 aromatic rings. The van der Waals surface area contributed by atoms with Crippen LogP contribution in [-0.4, -0.2) is 52.9 Å². The molecule has 0 radical (unpaired) electrons. The maximum Gasteiger partial charge on any atom is 0.191 e. The van der Waals surface area contributed by atoms with Crippen LogP contribution in [0.25, 0.3) is 0 Å². The van der Waals surface area contributed by atoms with Gasteiger partial charge in [-0.15, -0.1) is 0 Å². The lowest BCUT2D eigenvalue weighted by Crippen LogP contribution is -2.46. The Morgan fingerprint density at radius 2 is 1.90 bits per heavy atom. The highest BCUT2D eigenvalue weighted by atomic mass is 16.5. The quantitative estimate of drug-likeness (QED) is 0.583. The van der Waals surface area contributed by atoms with Gasteiger partial charge < -0.3 is 25.0 Å². The lowest BCUT2D eigenvalue weighted by Gasteiger charge is -2.31. The van der Waals surface area contributed by atoms with Crippen molar-refractivity contribution >= 4 is 11.6 Å². The Morgan fingerprint density at radius 1 is 1.14 bits per heavy atom. The molecule has 6 heteroatoms. The number of methoxy groups -OCH3 is 2. The molecule has 0 saturated carbocycles. The summed E-state index contributed by atoms with van der Waals surface area (Å²) in [6, 6.07) is 15.1. The Labute approximate surface area is 172 Å². The van der Waals surface area contributed by atoms with Gasteiger partial charge in [0.05, 0.1) is 14.2 Å². The summed E-state index contributed by atoms with van der Waals surface area (Å²) in [7, 11) is 5.20. The van der Waals surface area contributed by atoms with Gasteiger partial charge >= 0.3 is 0 Å². The molecule has 29 heavy (non-hydrogen) atoms. The highest BCUT2D eigenvalue weighted by Gasteiger charge is 2.27. The third-order valence-corrected chi connectivity index (χ3v) is 5.93. The molecule has 1 aliphatic carbocycles. The van der Waals surface area contributed by atoms with E-state index in [9.17, 15) is 0 Å². The van der Waals surface area contributed by atoms with E-state index in [0.29, 0.717) is 12.0 Å². The van der Waals surface area contributed by atoms with E-state index in [1.807, 2.05) is 13.1 Å². The Balaban J connectivity index is 1.31. The van der Waals surface area contributed by atoms with E-state index in [2.05, 4.69) is 56.9 Å². The Hall–Kier alpha value is -2.89. The first-order valence-corrected chi connectivity index (χ1v) is 10.2. The number of fused-ring (bicyclic) bond motifs is 1. The van der Waals surface area contributed by atoms with E-state index >= 15 is 0 Å². The molecule has 0 amide bonds.